The van der Waals surface area contributed by atoms with Crippen molar-refractivity contribution in [3.8, 4) is 11.3 Å². The van der Waals surface area contributed by atoms with Crippen LogP contribution < -0.4 is 5.32 Å². The minimum Gasteiger partial charge on any atom is -0.452 e. The smallest absolute Gasteiger partial charge is 0.331 e. The maximum absolute atomic E-state index is 12.0. The highest BCUT2D eigenvalue weighted by Gasteiger charge is 2.12. The van der Waals surface area contributed by atoms with Crippen molar-refractivity contribution in [3.05, 3.63) is 58.9 Å². The number of benzene rings is 1. The number of aryl methyl sites for hydroxylation is 3. The van der Waals surface area contributed by atoms with Crippen molar-refractivity contribution in [2.24, 2.45) is 7.05 Å². The Labute approximate surface area is 168 Å². The SMILES string of the molecule is Cc1ccc(-c2cc(NC(=O)COC(=O)/C=C/c3c(C)nn(C)c3C)on2)cc1. The van der Waals surface area contributed by atoms with Crippen LogP contribution in [0.4, 0.5) is 5.88 Å². The molecule has 0 radical (unpaired) electrons. The number of rotatable bonds is 6. The fraction of sp³-hybridized carbons (Fsp3) is 0.238. The van der Waals surface area contributed by atoms with Gasteiger partial charge < -0.3 is 9.26 Å². The van der Waals surface area contributed by atoms with E-state index in [1.807, 2.05) is 52.1 Å². The van der Waals surface area contributed by atoms with Gasteiger partial charge >= 0.3 is 5.97 Å². The highest BCUT2D eigenvalue weighted by molar-refractivity contribution is 5.94. The number of hydrogen-bond acceptors (Lipinski definition) is 6. The van der Waals surface area contributed by atoms with Crippen LogP contribution in [-0.2, 0) is 21.4 Å². The molecule has 0 fully saturated rings. The molecule has 0 aliphatic carbocycles. The van der Waals surface area contributed by atoms with Gasteiger partial charge in [0.25, 0.3) is 5.91 Å². The third-order valence-electron chi connectivity index (χ3n) is 4.42. The summed E-state index contributed by atoms with van der Waals surface area (Å²) < 4.78 is 11.8. The van der Waals surface area contributed by atoms with E-state index in [1.54, 1.807) is 16.8 Å². The van der Waals surface area contributed by atoms with Gasteiger partial charge in [-0.25, -0.2) is 4.79 Å². The highest BCUT2D eigenvalue weighted by Crippen LogP contribution is 2.22. The Kier molecular flexibility index (Phi) is 5.92. The Morgan fingerprint density at radius 1 is 1.21 bits per heavy atom. The number of amides is 1. The van der Waals surface area contributed by atoms with Crippen LogP contribution in [0.2, 0.25) is 0 Å². The second-order valence-electron chi connectivity index (χ2n) is 6.64. The first-order valence-electron chi connectivity index (χ1n) is 9.02. The molecule has 0 aliphatic rings. The van der Waals surface area contributed by atoms with Gasteiger partial charge in [0.15, 0.2) is 6.61 Å². The summed E-state index contributed by atoms with van der Waals surface area (Å²) in [6.07, 6.45) is 2.90. The summed E-state index contributed by atoms with van der Waals surface area (Å²) in [5.74, 6) is -0.966. The second-order valence-corrected chi connectivity index (χ2v) is 6.64. The van der Waals surface area contributed by atoms with E-state index in [4.69, 9.17) is 9.26 Å². The van der Waals surface area contributed by atoms with E-state index in [9.17, 15) is 9.59 Å². The number of nitrogens with zero attached hydrogens (tertiary/aromatic N) is 3. The van der Waals surface area contributed by atoms with Crippen molar-refractivity contribution in [2.45, 2.75) is 20.8 Å². The van der Waals surface area contributed by atoms with Crippen LogP contribution in [0.1, 0.15) is 22.5 Å². The summed E-state index contributed by atoms with van der Waals surface area (Å²) in [6.45, 7) is 5.32. The number of anilines is 1. The van der Waals surface area contributed by atoms with Crippen LogP contribution in [0, 0.1) is 20.8 Å². The Bertz CT molecular complexity index is 1060. The molecule has 1 N–H and O–H groups in total. The molecule has 2 heterocycles. The number of carbonyl (C=O) groups excluding carboxylic acids is 2. The van der Waals surface area contributed by atoms with Crippen LogP contribution in [0.15, 0.2) is 40.9 Å². The Balaban J connectivity index is 1.51. The van der Waals surface area contributed by atoms with Crippen molar-refractivity contribution < 1.29 is 18.8 Å². The zero-order chi connectivity index (χ0) is 21.0. The molecule has 0 spiro atoms. The zero-order valence-corrected chi connectivity index (χ0v) is 16.7. The summed E-state index contributed by atoms with van der Waals surface area (Å²) in [4.78, 5) is 23.8. The molecule has 0 bridgehead atoms. The zero-order valence-electron chi connectivity index (χ0n) is 16.7. The van der Waals surface area contributed by atoms with Gasteiger partial charge in [-0.3, -0.25) is 14.8 Å². The molecule has 1 aromatic carbocycles. The summed E-state index contributed by atoms with van der Waals surface area (Å²) in [6, 6.07) is 9.36. The van der Waals surface area contributed by atoms with E-state index in [0.29, 0.717) is 5.69 Å². The number of aromatic nitrogens is 3. The molecule has 0 atom stereocenters. The van der Waals surface area contributed by atoms with Crippen molar-refractivity contribution in [3.63, 3.8) is 0 Å². The molecule has 0 saturated carbocycles. The molecule has 3 aromatic rings. The lowest BCUT2D eigenvalue weighted by atomic mass is 10.1. The fourth-order valence-electron chi connectivity index (χ4n) is 2.74. The van der Waals surface area contributed by atoms with Crippen LogP contribution >= 0.6 is 0 Å². The molecule has 0 aliphatic heterocycles. The van der Waals surface area contributed by atoms with Crippen LogP contribution in [0.25, 0.3) is 17.3 Å². The summed E-state index contributed by atoms with van der Waals surface area (Å²) in [5, 5.41) is 10.7. The summed E-state index contributed by atoms with van der Waals surface area (Å²) in [7, 11) is 1.83. The fourth-order valence-corrected chi connectivity index (χ4v) is 2.74. The maximum atomic E-state index is 12.0. The van der Waals surface area contributed by atoms with Crippen molar-refractivity contribution in [1.29, 1.82) is 0 Å². The average molecular weight is 394 g/mol. The van der Waals surface area contributed by atoms with Crippen LogP contribution in [0.3, 0.4) is 0 Å². The number of esters is 1. The van der Waals surface area contributed by atoms with Gasteiger partial charge in [-0.2, -0.15) is 5.10 Å². The lowest BCUT2D eigenvalue weighted by molar-refractivity contribution is -0.142. The van der Waals surface area contributed by atoms with E-state index < -0.39 is 18.5 Å². The monoisotopic (exact) mass is 394 g/mol. The third-order valence-corrected chi connectivity index (χ3v) is 4.42. The van der Waals surface area contributed by atoms with Gasteiger partial charge in [0.1, 0.15) is 5.69 Å². The molecule has 8 heteroatoms. The molecular weight excluding hydrogens is 372 g/mol. The molecule has 8 nitrogen and oxygen atoms in total. The Hall–Kier alpha value is -3.68. The van der Waals surface area contributed by atoms with E-state index in [-0.39, 0.29) is 5.88 Å². The van der Waals surface area contributed by atoms with Crippen molar-refractivity contribution in [2.75, 3.05) is 11.9 Å². The number of ether oxygens (including phenoxy) is 1. The second kappa shape index (κ2) is 8.55. The minimum absolute atomic E-state index is 0.179. The lowest BCUT2D eigenvalue weighted by Crippen LogP contribution is -2.19. The summed E-state index contributed by atoms with van der Waals surface area (Å²) >= 11 is 0. The largest absolute Gasteiger partial charge is 0.452 e. The van der Waals surface area contributed by atoms with Crippen molar-refractivity contribution in [1.82, 2.24) is 14.9 Å². The first-order valence-corrected chi connectivity index (χ1v) is 9.02. The van der Waals surface area contributed by atoms with E-state index in [1.165, 1.54) is 6.08 Å². The van der Waals surface area contributed by atoms with E-state index in [0.717, 1.165) is 28.1 Å². The molecule has 150 valence electrons. The first-order chi connectivity index (χ1) is 13.8. The van der Waals surface area contributed by atoms with Gasteiger partial charge in [-0.15, -0.1) is 0 Å². The highest BCUT2D eigenvalue weighted by atomic mass is 16.5. The maximum Gasteiger partial charge on any atom is 0.331 e. The third kappa shape index (κ3) is 4.98. The molecule has 3 rings (SSSR count). The predicted molar refractivity (Wildman–Crippen MR) is 108 cm³/mol. The minimum atomic E-state index is -0.624. The molecule has 0 saturated heterocycles. The first kappa shape index (κ1) is 20.1. The van der Waals surface area contributed by atoms with Gasteiger partial charge in [0.2, 0.25) is 5.88 Å². The predicted octanol–water partition coefficient (Wildman–Crippen LogP) is 3.20. The van der Waals surface area contributed by atoms with Gasteiger partial charge in [-0.1, -0.05) is 35.0 Å². The van der Waals surface area contributed by atoms with Gasteiger partial charge in [0, 0.05) is 36.0 Å². The molecule has 29 heavy (non-hydrogen) atoms. The molecular formula is C21H22N4O4. The standard InChI is InChI=1S/C21H22N4O4/c1-13-5-7-16(8-6-13)18-11-20(29-24-18)22-19(26)12-28-21(27)10-9-17-14(2)23-25(4)15(17)3/h5-11H,12H2,1-4H3,(H,22,26)/b10-9+. The number of hydrogen-bond donors (Lipinski definition) is 1. The van der Waals surface area contributed by atoms with E-state index in [2.05, 4.69) is 15.6 Å². The van der Waals surface area contributed by atoms with Gasteiger partial charge in [0.05, 0.1) is 5.69 Å². The normalized spacial score (nSPS) is 11.0. The summed E-state index contributed by atoms with van der Waals surface area (Å²) in [5.41, 5.74) is 5.19. The number of carbonyl (C=O) groups is 2. The molecule has 1 amide bonds. The Morgan fingerprint density at radius 2 is 1.93 bits per heavy atom. The molecule has 0 unspecified atom stereocenters. The lowest BCUT2D eigenvalue weighted by Gasteiger charge is -2.01. The van der Waals surface area contributed by atoms with Gasteiger partial charge in [-0.05, 0) is 26.8 Å². The van der Waals surface area contributed by atoms with Crippen LogP contribution in [-0.4, -0.2) is 33.4 Å². The number of nitrogens with one attached hydrogen (secondary N) is 1. The van der Waals surface area contributed by atoms with Crippen molar-refractivity contribution >= 4 is 23.8 Å². The Morgan fingerprint density at radius 3 is 2.59 bits per heavy atom. The van der Waals surface area contributed by atoms with Crippen LogP contribution in [0.5, 0.6) is 0 Å². The average Bonchev–Trinajstić information content (AvgIpc) is 3.24. The topological polar surface area (TPSA) is 99.2 Å². The molecule has 2 aromatic heterocycles. The quantitative estimate of drug-likeness (QED) is 0.509. The van der Waals surface area contributed by atoms with E-state index >= 15 is 0 Å².